The second-order valence-corrected chi connectivity index (χ2v) is 9.65. The Kier molecular flexibility index (Phi) is 5.79. The van der Waals surface area contributed by atoms with E-state index >= 15 is 0 Å². The molecule has 1 aromatic heterocycles. The quantitative estimate of drug-likeness (QED) is 0.786. The van der Waals surface area contributed by atoms with Gasteiger partial charge in [-0.15, -0.1) is 11.3 Å². The van der Waals surface area contributed by atoms with E-state index in [0.717, 1.165) is 0 Å². The van der Waals surface area contributed by atoms with Crippen molar-refractivity contribution in [2.75, 3.05) is 20.1 Å². The molecular formula is C19H24N2O3S2. The third kappa shape index (κ3) is 4.00. The van der Waals surface area contributed by atoms with Crippen LogP contribution < -0.4 is 0 Å². The fourth-order valence-corrected chi connectivity index (χ4v) is 5.71. The van der Waals surface area contributed by atoms with Gasteiger partial charge in [-0.2, -0.15) is 4.31 Å². The van der Waals surface area contributed by atoms with Gasteiger partial charge in [0.15, 0.2) is 0 Å². The van der Waals surface area contributed by atoms with Gasteiger partial charge in [-0.05, 0) is 48.9 Å². The molecule has 1 aliphatic rings. The van der Waals surface area contributed by atoms with Crippen molar-refractivity contribution in [1.82, 2.24) is 9.21 Å². The fraction of sp³-hybridized carbons (Fsp3) is 0.421. The molecule has 1 amide bonds. The third-order valence-corrected chi connectivity index (χ3v) is 7.83. The van der Waals surface area contributed by atoms with E-state index in [-0.39, 0.29) is 11.8 Å². The summed E-state index contributed by atoms with van der Waals surface area (Å²) in [6.45, 7) is 3.45. The standard InChI is InChI=1S/C19H24N2O3S2/c1-15-10-13-25-18(15)14-20(2)19(22)16-8-11-21(12-9-16)26(23,24)17-6-4-3-5-7-17/h3-7,10,13,16H,8-9,11-12,14H2,1-2H3. The van der Waals surface area contributed by atoms with Gasteiger partial charge in [0.25, 0.3) is 0 Å². The Balaban J connectivity index is 1.59. The Bertz CT molecular complexity index is 854. The lowest BCUT2D eigenvalue weighted by atomic mass is 9.96. The number of hydrogen-bond acceptors (Lipinski definition) is 4. The number of piperidine rings is 1. The van der Waals surface area contributed by atoms with Gasteiger partial charge in [0.05, 0.1) is 11.4 Å². The van der Waals surface area contributed by atoms with Crippen LogP contribution >= 0.6 is 11.3 Å². The highest BCUT2D eigenvalue weighted by atomic mass is 32.2. The monoisotopic (exact) mass is 392 g/mol. The average Bonchev–Trinajstić information content (AvgIpc) is 3.06. The first-order valence-electron chi connectivity index (χ1n) is 8.72. The lowest BCUT2D eigenvalue weighted by molar-refractivity contribution is -0.135. The Morgan fingerprint density at radius 2 is 1.85 bits per heavy atom. The summed E-state index contributed by atoms with van der Waals surface area (Å²) in [5.74, 6) is -0.00273. The Morgan fingerprint density at radius 1 is 1.19 bits per heavy atom. The highest BCUT2D eigenvalue weighted by Gasteiger charge is 2.33. The SMILES string of the molecule is Cc1ccsc1CN(C)C(=O)C1CCN(S(=O)(=O)c2ccccc2)CC1. The molecule has 0 radical (unpaired) electrons. The molecule has 0 bridgehead atoms. The van der Waals surface area contributed by atoms with Crippen molar-refractivity contribution in [2.24, 2.45) is 5.92 Å². The van der Waals surface area contributed by atoms with Gasteiger partial charge in [0, 0.05) is 30.9 Å². The number of amides is 1. The van der Waals surface area contributed by atoms with Crippen LogP contribution in [0.5, 0.6) is 0 Å². The maximum absolute atomic E-state index is 12.7. The van der Waals surface area contributed by atoms with Gasteiger partial charge >= 0.3 is 0 Å². The number of carbonyl (C=O) groups excluding carboxylic acids is 1. The average molecular weight is 393 g/mol. The van der Waals surface area contributed by atoms with Gasteiger partial charge in [0.1, 0.15) is 0 Å². The predicted molar refractivity (Wildman–Crippen MR) is 103 cm³/mol. The molecule has 0 atom stereocenters. The van der Waals surface area contributed by atoms with E-state index in [1.54, 1.807) is 46.6 Å². The molecule has 2 aromatic rings. The first-order valence-corrected chi connectivity index (χ1v) is 11.0. The number of carbonyl (C=O) groups is 1. The lowest BCUT2D eigenvalue weighted by Gasteiger charge is -2.32. The van der Waals surface area contributed by atoms with Gasteiger partial charge in [-0.3, -0.25) is 4.79 Å². The third-order valence-electron chi connectivity index (χ3n) is 4.91. The molecule has 2 heterocycles. The Morgan fingerprint density at radius 3 is 2.42 bits per heavy atom. The van der Waals surface area contributed by atoms with Crippen LogP contribution in [-0.4, -0.2) is 43.7 Å². The zero-order valence-electron chi connectivity index (χ0n) is 15.1. The minimum absolute atomic E-state index is 0.106. The molecule has 1 saturated heterocycles. The van der Waals surface area contributed by atoms with Crippen molar-refractivity contribution < 1.29 is 13.2 Å². The van der Waals surface area contributed by atoms with E-state index < -0.39 is 10.0 Å². The molecule has 1 fully saturated rings. The van der Waals surface area contributed by atoms with Crippen molar-refractivity contribution >= 4 is 27.3 Å². The van der Waals surface area contributed by atoms with Crippen LogP contribution in [0.3, 0.4) is 0 Å². The summed E-state index contributed by atoms with van der Waals surface area (Å²) >= 11 is 1.66. The van der Waals surface area contributed by atoms with Crippen molar-refractivity contribution in [3.8, 4) is 0 Å². The van der Waals surface area contributed by atoms with E-state index in [1.165, 1.54) is 14.7 Å². The maximum atomic E-state index is 12.7. The number of sulfonamides is 1. The summed E-state index contributed by atoms with van der Waals surface area (Å²) in [6, 6.07) is 10.5. The van der Waals surface area contributed by atoms with Crippen molar-refractivity contribution in [1.29, 1.82) is 0 Å². The number of benzene rings is 1. The van der Waals surface area contributed by atoms with E-state index in [4.69, 9.17) is 0 Å². The fourth-order valence-electron chi connectivity index (χ4n) is 3.26. The van der Waals surface area contributed by atoms with Gasteiger partial charge < -0.3 is 4.90 Å². The second-order valence-electron chi connectivity index (χ2n) is 6.71. The summed E-state index contributed by atoms with van der Waals surface area (Å²) in [5.41, 5.74) is 1.21. The van der Waals surface area contributed by atoms with Crippen molar-refractivity contribution in [2.45, 2.75) is 31.2 Å². The van der Waals surface area contributed by atoms with Crippen LogP contribution in [0.25, 0.3) is 0 Å². The predicted octanol–water partition coefficient (Wildman–Crippen LogP) is 3.12. The maximum Gasteiger partial charge on any atom is 0.243 e. The van der Waals surface area contributed by atoms with Crippen molar-refractivity contribution in [3.63, 3.8) is 0 Å². The van der Waals surface area contributed by atoms with E-state index in [1.807, 2.05) is 12.4 Å². The molecule has 0 spiro atoms. The zero-order chi connectivity index (χ0) is 18.7. The molecule has 140 valence electrons. The highest BCUT2D eigenvalue weighted by molar-refractivity contribution is 7.89. The summed E-state index contributed by atoms with van der Waals surface area (Å²) in [6.07, 6.45) is 1.14. The second kappa shape index (κ2) is 7.90. The van der Waals surface area contributed by atoms with Crippen LogP contribution in [0.2, 0.25) is 0 Å². The number of hydrogen-bond donors (Lipinski definition) is 0. The summed E-state index contributed by atoms with van der Waals surface area (Å²) < 4.78 is 26.9. The minimum Gasteiger partial charge on any atom is -0.340 e. The molecule has 0 aliphatic carbocycles. The number of nitrogens with zero attached hydrogens (tertiary/aromatic N) is 2. The molecule has 5 nitrogen and oxygen atoms in total. The lowest BCUT2D eigenvalue weighted by Crippen LogP contribution is -2.43. The smallest absolute Gasteiger partial charge is 0.243 e. The first kappa shape index (κ1) is 19.1. The molecule has 26 heavy (non-hydrogen) atoms. The molecule has 0 saturated carbocycles. The summed E-state index contributed by atoms with van der Waals surface area (Å²) in [5, 5.41) is 2.04. The van der Waals surface area contributed by atoms with Gasteiger partial charge in [-0.1, -0.05) is 18.2 Å². The molecule has 1 aliphatic heterocycles. The number of rotatable bonds is 5. The zero-order valence-corrected chi connectivity index (χ0v) is 16.7. The molecule has 3 rings (SSSR count). The number of aryl methyl sites for hydroxylation is 1. The van der Waals surface area contributed by atoms with Crippen LogP contribution in [0.15, 0.2) is 46.7 Å². The highest BCUT2D eigenvalue weighted by Crippen LogP contribution is 2.26. The molecule has 0 N–H and O–H groups in total. The first-order chi connectivity index (χ1) is 12.4. The van der Waals surface area contributed by atoms with Gasteiger partial charge in [0.2, 0.25) is 15.9 Å². The molecule has 1 aromatic carbocycles. The molecular weight excluding hydrogens is 368 g/mol. The number of thiophene rings is 1. The molecule has 0 unspecified atom stereocenters. The Labute approximate surface area is 159 Å². The largest absolute Gasteiger partial charge is 0.340 e. The normalized spacial score (nSPS) is 16.5. The van der Waals surface area contributed by atoms with E-state index in [0.29, 0.717) is 37.4 Å². The summed E-state index contributed by atoms with van der Waals surface area (Å²) in [7, 11) is -1.64. The van der Waals surface area contributed by atoms with E-state index in [2.05, 4.69) is 13.0 Å². The summed E-state index contributed by atoms with van der Waals surface area (Å²) in [4.78, 5) is 16.0. The topological polar surface area (TPSA) is 57.7 Å². The van der Waals surface area contributed by atoms with Gasteiger partial charge in [-0.25, -0.2) is 8.42 Å². The van der Waals surface area contributed by atoms with Crippen LogP contribution in [-0.2, 0) is 21.4 Å². The van der Waals surface area contributed by atoms with Crippen LogP contribution in [0.4, 0.5) is 0 Å². The van der Waals surface area contributed by atoms with E-state index in [9.17, 15) is 13.2 Å². The van der Waals surface area contributed by atoms with Crippen LogP contribution in [0.1, 0.15) is 23.3 Å². The minimum atomic E-state index is -3.47. The van der Waals surface area contributed by atoms with Crippen molar-refractivity contribution in [3.05, 3.63) is 52.2 Å². The molecule has 7 heteroatoms. The Hall–Kier alpha value is -1.70. The van der Waals surface area contributed by atoms with Crippen LogP contribution in [0, 0.1) is 12.8 Å².